The summed E-state index contributed by atoms with van der Waals surface area (Å²) >= 11 is 0. The van der Waals surface area contributed by atoms with E-state index in [1.165, 1.54) is 6.26 Å². The fraction of sp³-hybridized carbons (Fsp3) is 0.500. The first kappa shape index (κ1) is 10.3. The highest BCUT2D eigenvalue weighted by Gasteiger charge is 2.19. The highest BCUT2D eigenvalue weighted by molar-refractivity contribution is 5.49. The molecule has 0 bridgehead atoms. The average molecular weight is 234 g/mol. The van der Waals surface area contributed by atoms with Crippen LogP contribution in [0.5, 0.6) is 0 Å². The van der Waals surface area contributed by atoms with Crippen LogP contribution in [-0.4, -0.2) is 46.0 Å². The van der Waals surface area contributed by atoms with Crippen LogP contribution >= 0.6 is 0 Å². The highest BCUT2D eigenvalue weighted by Crippen LogP contribution is 2.16. The quantitative estimate of drug-likeness (QED) is 0.775. The Labute approximate surface area is 98.2 Å². The van der Waals surface area contributed by atoms with Gasteiger partial charge in [-0.1, -0.05) is 5.16 Å². The summed E-state index contributed by atoms with van der Waals surface area (Å²) in [7, 11) is 0. The third-order valence-corrected chi connectivity index (χ3v) is 2.81. The van der Waals surface area contributed by atoms with Gasteiger partial charge in [0.05, 0.1) is 0 Å². The molecule has 0 aliphatic carbocycles. The van der Waals surface area contributed by atoms with E-state index in [1.54, 1.807) is 6.07 Å². The van der Waals surface area contributed by atoms with Crippen molar-refractivity contribution in [3.05, 3.63) is 12.3 Å². The lowest BCUT2D eigenvalue weighted by Crippen LogP contribution is -2.49. The summed E-state index contributed by atoms with van der Waals surface area (Å²) in [5, 5.41) is 14.3. The van der Waals surface area contributed by atoms with Crippen molar-refractivity contribution >= 4 is 5.95 Å². The number of nitrogens with one attached hydrogen (secondary N) is 2. The van der Waals surface area contributed by atoms with Crippen molar-refractivity contribution in [2.75, 3.05) is 24.5 Å². The smallest absolute Gasteiger partial charge is 0.245 e. The summed E-state index contributed by atoms with van der Waals surface area (Å²) in [4.78, 5) is 6.57. The largest absolute Gasteiger partial charge is 0.364 e. The molecule has 1 aliphatic rings. The van der Waals surface area contributed by atoms with Crippen LogP contribution in [0.15, 0.2) is 16.9 Å². The van der Waals surface area contributed by atoms with E-state index in [9.17, 15) is 0 Å². The molecule has 17 heavy (non-hydrogen) atoms. The molecule has 0 spiro atoms. The molecule has 3 rings (SSSR count). The molecule has 7 heteroatoms. The topological polar surface area (TPSA) is 82.9 Å². The van der Waals surface area contributed by atoms with Crippen LogP contribution in [0.1, 0.15) is 6.92 Å². The van der Waals surface area contributed by atoms with Gasteiger partial charge in [-0.25, -0.2) is 0 Å². The lowest BCUT2D eigenvalue weighted by molar-refractivity contribution is 0.422. The first-order chi connectivity index (χ1) is 8.33. The van der Waals surface area contributed by atoms with Gasteiger partial charge in [-0.2, -0.15) is 4.98 Å². The Hall–Kier alpha value is -1.89. The van der Waals surface area contributed by atoms with Crippen molar-refractivity contribution in [3.8, 4) is 11.5 Å². The second kappa shape index (κ2) is 4.17. The van der Waals surface area contributed by atoms with Gasteiger partial charge in [0.15, 0.2) is 11.5 Å². The van der Waals surface area contributed by atoms with Gasteiger partial charge in [-0.15, -0.1) is 5.10 Å². The summed E-state index contributed by atoms with van der Waals surface area (Å²) in [6, 6.07) is 2.21. The zero-order valence-corrected chi connectivity index (χ0v) is 9.55. The molecule has 0 amide bonds. The monoisotopic (exact) mass is 234 g/mol. The molecule has 90 valence electrons. The molecule has 2 N–H and O–H groups in total. The molecule has 1 unspecified atom stereocenters. The molecular weight excluding hydrogens is 220 g/mol. The summed E-state index contributed by atoms with van der Waals surface area (Å²) in [5.41, 5.74) is 0.673. The van der Waals surface area contributed by atoms with Crippen molar-refractivity contribution in [2.45, 2.75) is 13.0 Å². The number of rotatable bonds is 2. The van der Waals surface area contributed by atoms with Gasteiger partial charge in [0.2, 0.25) is 5.95 Å². The van der Waals surface area contributed by atoms with Crippen molar-refractivity contribution in [1.29, 1.82) is 0 Å². The summed E-state index contributed by atoms with van der Waals surface area (Å²) in [5.74, 6) is 1.36. The molecule has 1 saturated heterocycles. The second-order valence-corrected chi connectivity index (χ2v) is 4.17. The third-order valence-electron chi connectivity index (χ3n) is 2.81. The zero-order chi connectivity index (χ0) is 11.7. The van der Waals surface area contributed by atoms with Crippen LogP contribution in [0.25, 0.3) is 11.5 Å². The van der Waals surface area contributed by atoms with Crippen LogP contribution < -0.4 is 10.2 Å². The van der Waals surface area contributed by atoms with E-state index < -0.39 is 0 Å². The van der Waals surface area contributed by atoms with Gasteiger partial charge in [-0.05, 0) is 6.92 Å². The number of hydrogen-bond acceptors (Lipinski definition) is 6. The fourth-order valence-corrected chi connectivity index (χ4v) is 1.96. The number of piperazine rings is 1. The van der Waals surface area contributed by atoms with Gasteiger partial charge >= 0.3 is 0 Å². The first-order valence-corrected chi connectivity index (χ1v) is 5.64. The SMILES string of the molecule is CC1CN(c2n[nH]c(-c3ccon3)n2)CCN1. The summed E-state index contributed by atoms with van der Waals surface area (Å²) in [6.45, 7) is 4.93. The normalized spacial score (nSPS) is 20.8. The number of nitrogens with zero attached hydrogens (tertiary/aromatic N) is 4. The van der Waals surface area contributed by atoms with Gasteiger partial charge in [0, 0.05) is 31.7 Å². The lowest BCUT2D eigenvalue weighted by atomic mass is 10.2. The predicted octanol–water partition coefficient (Wildman–Crippen LogP) is 0.258. The number of aromatic nitrogens is 4. The molecule has 1 aliphatic heterocycles. The summed E-state index contributed by atoms with van der Waals surface area (Å²) < 4.78 is 4.78. The molecule has 1 atom stereocenters. The van der Waals surface area contributed by atoms with Crippen LogP contribution in [0.4, 0.5) is 5.95 Å². The lowest BCUT2D eigenvalue weighted by Gasteiger charge is -2.30. The third kappa shape index (κ3) is 2.01. The van der Waals surface area contributed by atoms with E-state index in [-0.39, 0.29) is 0 Å². The number of aromatic amines is 1. The van der Waals surface area contributed by atoms with E-state index in [4.69, 9.17) is 4.52 Å². The molecule has 0 radical (unpaired) electrons. The minimum atomic E-state index is 0.456. The molecular formula is C10H14N6O. The Kier molecular flexibility index (Phi) is 2.52. The van der Waals surface area contributed by atoms with Crippen LogP contribution in [-0.2, 0) is 0 Å². The predicted molar refractivity (Wildman–Crippen MR) is 61.6 cm³/mol. The maximum Gasteiger partial charge on any atom is 0.245 e. The van der Waals surface area contributed by atoms with Crippen molar-refractivity contribution < 1.29 is 4.52 Å². The Morgan fingerprint density at radius 2 is 2.47 bits per heavy atom. The van der Waals surface area contributed by atoms with E-state index in [0.29, 0.717) is 17.6 Å². The Balaban J connectivity index is 1.80. The van der Waals surface area contributed by atoms with E-state index in [0.717, 1.165) is 25.6 Å². The van der Waals surface area contributed by atoms with Crippen LogP contribution in [0.2, 0.25) is 0 Å². The minimum Gasteiger partial charge on any atom is -0.364 e. The van der Waals surface area contributed by atoms with Gasteiger partial charge < -0.3 is 14.7 Å². The second-order valence-electron chi connectivity index (χ2n) is 4.17. The molecule has 7 nitrogen and oxygen atoms in total. The molecule has 3 heterocycles. The van der Waals surface area contributed by atoms with Crippen molar-refractivity contribution in [2.24, 2.45) is 0 Å². The maximum absolute atomic E-state index is 4.78. The number of anilines is 1. The van der Waals surface area contributed by atoms with Crippen LogP contribution in [0, 0.1) is 0 Å². The molecule has 0 aromatic carbocycles. The Morgan fingerprint density at radius 3 is 3.24 bits per heavy atom. The molecule has 2 aromatic heterocycles. The van der Waals surface area contributed by atoms with Crippen molar-refractivity contribution in [3.63, 3.8) is 0 Å². The Morgan fingerprint density at radius 1 is 1.53 bits per heavy atom. The highest BCUT2D eigenvalue weighted by atomic mass is 16.5. The average Bonchev–Trinajstić information content (AvgIpc) is 3.00. The number of H-pyrrole nitrogens is 1. The summed E-state index contributed by atoms with van der Waals surface area (Å²) in [6.07, 6.45) is 1.52. The standard InChI is InChI=1S/C10H14N6O/c1-7-6-16(4-3-11-7)10-12-9(13-14-10)8-2-5-17-15-8/h2,5,7,11H,3-4,6H2,1H3,(H,12,13,14). The van der Waals surface area contributed by atoms with Gasteiger partial charge in [-0.3, -0.25) is 5.10 Å². The van der Waals surface area contributed by atoms with Gasteiger partial charge in [0.1, 0.15) is 6.26 Å². The Bertz CT molecular complexity index is 479. The van der Waals surface area contributed by atoms with E-state index in [2.05, 4.69) is 37.5 Å². The zero-order valence-electron chi connectivity index (χ0n) is 9.55. The first-order valence-electron chi connectivity index (χ1n) is 5.64. The van der Waals surface area contributed by atoms with E-state index >= 15 is 0 Å². The van der Waals surface area contributed by atoms with Gasteiger partial charge in [0.25, 0.3) is 0 Å². The number of hydrogen-bond donors (Lipinski definition) is 2. The van der Waals surface area contributed by atoms with Crippen molar-refractivity contribution in [1.82, 2.24) is 25.7 Å². The van der Waals surface area contributed by atoms with Crippen LogP contribution in [0.3, 0.4) is 0 Å². The van der Waals surface area contributed by atoms with E-state index in [1.807, 2.05) is 0 Å². The maximum atomic E-state index is 4.78. The fourth-order valence-electron chi connectivity index (χ4n) is 1.96. The molecule has 2 aromatic rings. The molecule has 0 saturated carbocycles. The molecule has 1 fully saturated rings. The minimum absolute atomic E-state index is 0.456.